The van der Waals surface area contributed by atoms with E-state index in [9.17, 15) is 0 Å². The molecule has 0 aromatic heterocycles. The van der Waals surface area contributed by atoms with E-state index in [1.54, 1.807) is 0 Å². The van der Waals surface area contributed by atoms with Gasteiger partial charge in [-0.2, -0.15) is 0 Å². The molecular weight excluding hydrogens is 150 g/mol. The fraction of sp³-hybridized carbons (Fsp3) is 1.00. The maximum atomic E-state index is 6.29. The van der Waals surface area contributed by atoms with Crippen molar-refractivity contribution in [3.63, 3.8) is 0 Å². The van der Waals surface area contributed by atoms with Gasteiger partial charge >= 0.3 is 0 Å². The van der Waals surface area contributed by atoms with Crippen molar-refractivity contribution in [2.24, 2.45) is 11.7 Å². The summed E-state index contributed by atoms with van der Waals surface area (Å²) in [7, 11) is 1.82. The number of rotatable bonds is 2. The van der Waals surface area contributed by atoms with Gasteiger partial charge in [0.25, 0.3) is 0 Å². The molecule has 2 nitrogen and oxygen atoms in total. The van der Waals surface area contributed by atoms with Crippen LogP contribution in [0.4, 0.5) is 0 Å². The quantitative estimate of drug-likeness (QED) is 0.682. The van der Waals surface area contributed by atoms with Crippen molar-refractivity contribution in [1.82, 2.24) is 0 Å². The van der Waals surface area contributed by atoms with Crippen LogP contribution in [0.1, 0.15) is 38.5 Å². The summed E-state index contributed by atoms with van der Waals surface area (Å²) in [6.45, 7) is 0. The molecule has 0 heterocycles. The molecule has 70 valence electrons. The van der Waals surface area contributed by atoms with Gasteiger partial charge in [0.1, 0.15) is 0 Å². The van der Waals surface area contributed by atoms with Gasteiger partial charge in [0.15, 0.2) is 0 Å². The van der Waals surface area contributed by atoms with Gasteiger partial charge in [0, 0.05) is 18.6 Å². The highest BCUT2D eigenvalue weighted by atomic mass is 16.5. The predicted molar refractivity (Wildman–Crippen MR) is 48.9 cm³/mol. The van der Waals surface area contributed by atoms with Crippen LogP contribution in [0.2, 0.25) is 0 Å². The first-order chi connectivity index (χ1) is 5.76. The van der Waals surface area contributed by atoms with Crippen LogP contribution < -0.4 is 5.73 Å². The average molecular weight is 169 g/mol. The van der Waals surface area contributed by atoms with Crippen LogP contribution in [0.3, 0.4) is 0 Å². The average Bonchev–Trinajstić information content (AvgIpc) is 2.47. The molecule has 2 fully saturated rings. The zero-order chi connectivity index (χ0) is 8.60. The van der Waals surface area contributed by atoms with Gasteiger partial charge in [-0.05, 0) is 32.1 Å². The number of nitrogens with two attached hydrogens (primary N) is 1. The zero-order valence-corrected chi connectivity index (χ0v) is 7.88. The van der Waals surface area contributed by atoms with E-state index in [2.05, 4.69) is 0 Å². The summed E-state index contributed by atoms with van der Waals surface area (Å²) < 4.78 is 5.47. The van der Waals surface area contributed by atoms with E-state index in [-0.39, 0.29) is 5.54 Å². The third kappa shape index (κ3) is 1.17. The number of methoxy groups -OCH3 is 1. The summed E-state index contributed by atoms with van der Waals surface area (Å²) in [5, 5.41) is 0. The Balaban J connectivity index is 2.01. The Labute approximate surface area is 74.5 Å². The van der Waals surface area contributed by atoms with Crippen molar-refractivity contribution in [1.29, 1.82) is 0 Å². The summed E-state index contributed by atoms with van der Waals surface area (Å²) in [6, 6.07) is 0. The maximum Gasteiger partial charge on any atom is 0.0617 e. The topological polar surface area (TPSA) is 35.2 Å². The van der Waals surface area contributed by atoms with Gasteiger partial charge in [-0.1, -0.05) is 6.42 Å². The first-order valence-corrected chi connectivity index (χ1v) is 5.08. The molecule has 0 amide bonds. The van der Waals surface area contributed by atoms with E-state index in [4.69, 9.17) is 10.5 Å². The van der Waals surface area contributed by atoms with E-state index in [0.717, 1.165) is 0 Å². The highest BCUT2D eigenvalue weighted by Gasteiger charge is 2.46. The molecule has 0 spiro atoms. The van der Waals surface area contributed by atoms with Crippen LogP contribution in [-0.4, -0.2) is 18.8 Å². The molecule has 0 saturated heterocycles. The smallest absolute Gasteiger partial charge is 0.0617 e. The van der Waals surface area contributed by atoms with Crippen LogP contribution in [0.5, 0.6) is 0 Å². The maximum absolute atomic E-state index is 6.29. The molecule has 2 saturated carbocycles. The molecule has 0 bridgehead atoms. The Kier molecular flexibility index (Phi) is 2.13. The summed E-state index contributed by atoms with van der Waals surface area (Å²) in [4.78, 5) is 0. The molecule has 0 radical (unpaired) electrons. The summed E-state index contributed by atoms with van der Waals surface area (Å²) in [5.41, 5.74) is 6.44. The lowest BCUT2D eigenvalue weighted by Gasteiger charge is -2.45. The van der Waals surface area contributed by atoms with Crippen molar-refractivity contribution in [3.8, 4) is 0 Å². The summed E-state index contributed by atoms with van der Waals surface area (Å²) in [6.07, 6.45) is 8.03. The van der Waals surface area contributed by atoms with Crippen molar-refractivity contribution in [3.05, 3.63) is 0 Å². The highest BCUT2D eigenvalue weighted by molar-refractivity contribution is 5.03. The molecule has 12 heavy (non-hydrogen) atoms. The van der Waals surface area contributed by atoms with E-state index < -0.39 is 0 Å². The monoisotopic (exact) mass is 169 g/mol. The fourth-order valence-electron chi connectivity index (χ4n) is 2.82. The molecule has 2 atom stereocenters. The van der Waals surface area contributed by atoms with E-state index in [1.165, 1.54) is 38.5 Å². The zero-order valence-electron chi connectivity index (χ0n) is 7.88. The minimum Gasteiger partial charge on any atom is -0.381 e. The van der Waals surface area contributed by atoms with Crippen molar-refractivity contribution >= 4 is 0 Å². The molecule has 2 unspecified atom stereocenters. The van der Waals surface area contributed by atoms with Crippen molar-refractivity contribution < 1.29 is 4.74 Å². The Morgan fingerprint density at radius 1 is 1.25 bits per heavy atom. The number of hydrogen-bond acceptors (Lipinski definition) is 2. The van der Waals surface area contributed by atoms with Gasteiger partial charge < -0.3 is 10.5 Å². The van der Waals surface area contributed by atoms with Crippen LogP contribution in [0.15, 0.2) is 0 Å². The van der Waals surface area contributed by atoms with Crippen LogP contribution in [0.25, 0.3) is 0 Å². The Morgan fingerprint density at radius 3 is 2.50 bits per heavy atom. The first-order valence-electron chi connectivity index (χ1n) is 5.08. The SMILES string of the molecule is COC1CCCC1C1(N)CCC1. The second kappa shape index (κ2) is 3.00. The largest absolute Gasteiger partial charge is 0.381 e. The van der Waals surface area contributed by atoms with Gasteiger partial charge in [0.2, 0.25) is 0 Å². The summed E-state index contributed by atoms with van der Waals surface area (Å²) >= 11 is 0. The molecule has 0 aliphatic heterocycles. The van der Waals surface area contributed by atoms with Gasteiger partial charge in [-0.3, -0.25) is 0 Å². The first kappa shape index (κ1) is 8.52. The lowest BCUT2D eigenvalue weighted by Crippen LogP contribution is -2.55. The second-order valence-corrected chi connectivity index (χ2v) is 4.40. The molecule has 2 aliphatic carbocycles. The minimum atomic E-state index is 0.150. The van der Waals surface area contributed by atoms with E-state index in [0.29, 0.717) is 12.0 Å². The van der Waals surface area contributed by atoms with Crippen LogP contribution >= 0.6 is 0 Å². The lowest BCUT2D eigenvalue weighted by molar-refractivity contribution is 0.0127. The summed E-state index contributed by atoms with van der Waals surface area (Å²) in [5.74, 6) is 0.649. The predicted octanol–water partition coefficient (Wildman–Crippen LogP) is 1.68. The Bertz CT molecular complexity index is 165. The molecule has 0 aromatic rings. The third-order valence-electron chi connectivity index (χ3n) is 3.78. The van der Waals surface area contributed by atoms with Gasteiger partial charge in [-0.25, -0.2) is 0 Å². The fourth-order valence-corrected chi connectivity index (χ4v) is 2.82. The van der Waals surface area contributed by atoms with Crippen LogP contribution in [-0.2, 0) is 4.74 Å². The van der Waals surface area contributed by atoms with E-state index >= 15 is 0 Å². The molecule has 2 heteroatoms. The number of hydrogen-bond donors (Lipinski definition) is 1. The van der Waals surface area contributed by atoms with Crippen molar-refractivity contribution in [2.45, 2.75) is 50.2 Å². The minimum absolute atomic E-state index is 0.150. The highest BCUT2D eigenvalue weighted by Crippen LogP contribution is 2.44. The van der Waals surface area contributed by atoms with Crippen LogP contribution in [0, 0.1) is 5.92 Å². The standard InChI is InChI=1S/C10H19NO/c1-12-9-5-2-4-8(9)10(11)6-3-7-10/h8-9H,2-7,11H2,1H3. The van der Waals surface area contributed by atoms with Crippen molar-refractivity contribution in [2.75, 3.05) is 7.11 Å². The normalized spacial score (nSPS) is 39.5. The molecule has 0 aromatic carbocycles. The second-order valence-electron chi connectivity index (χ2n) is 4.40. The Morgan fingerprint density at radius 2 is 2.00 bits per heavy atom. The van der Waals surface area contributed by atoms with Gasteiger partial charge in [-0.15, -0.1) is 0 Å². The van der Waals surface area contributed by atoms with Gasteiger partial charge in [0.05, 0.1) is 6.10 Å². The molecule has 2 N–H and O–H groups in total. The molecule has 2 aliphatic rings. The lowest BCUT2D eigenvalue weighted by atomic mass is 9.67. The van der Waals surface area contributed by atoms with E-state index in [1.807, 2.05) is 7.11 Å². The number of ether oxygens (including phenoxy) is 1. The Hall–Kier alpha value is -0.0800. The molecular formula is C10H19NO. The molecule has 2 rings (SSSR count). The third-order valence-corrected chi connectivity index (χ3v) is 3.78.